The lowest BCUT2D eigenvalue weighted by molar-refractivity contribution is 0.108. The molecule has 0 bridgehead atoms. The highest BCUT2D eigenvalue weighted by Crippen LogP contribution is 2.24. The first-order valence-electron chi connectivity index (χ1n) is 5.74. The lowest BCUT2D eigenvalue weighted by Crippen LogP contribution is -1.91. The molecule has 2 rings (SSSR count). The molecule has 0 N–H and O–H groups in total. The Balaban J connectivity index is 2.30. The van der Waals surface area contributed by atoms with Crippen molar-refractivity contribution in [2.45, 2.75) is 6.92 Å². The molecule has 0 amide bonds. The predicted octanol–water partition coefficient (Wildman–Crippen LogP) is 4.13. The van der Waals surface area contributed by atoms with E-state index in [0.717, 1.165) is 16.9 Å². The molecule has 0 heterocycles. The van der Waals surface area contributed by atoms with E-state index in [1.165, 1.54) is 0 Å². The average molecular weight is 261 g/mol. The van der Waals surface area contributed by atoms with E-state index in [-0.39, 0.29) is 0 Å². The molecule has 0 fully saturated rings. The SMILES string of the molecule is CCOc1cccc(-c2ccc(C(=O)Cl)cc2)c1. The lowest BCUT2D eigenvalue weighted by atomic mass is 10.0. The van der Waals surface area contributed by atoms with Gasteiger partial charge in [-0.15, -0.1) is 0 Å². The fraction of sp³-hybridized carbons (Fsp3) is 0.133. The minimum atomic E-state index is -0.440. The molecule has 2 nitrogen and oxygen atoms in total. The van der Waals surface area contributed by atoms with Crippen molar-refractivity contribution >= 4 is 16.8 Å². The summed E-state index contributed by atoms with van der Waals surface area (Å²) in [5.41, 5.74) is 2.58. The number of halogens is 1. The minimum Gasteiger partial charge on any atom is -0.494 e. The fourth-order valence-electron chi connectivity index (χ4n) is 1.73. The van der Waals surface area contributed by atoms with E-state index in [4.69, 9.17) is 16.3 Å². The number of hydrogen-bond acceptors (Lipinski definition) is 2. The van der Waals surface area contributed by atoms with Gasteiger partial charge in [0.2, 0.25) is 0 Å². The molecule has 0 aliphatic carbocycles. The average Bonchev–Trinajstić information content (AvgIpc) is 2.39. The Labute approximate surface area is 111 Å². The van der Waals surface area contributed by atoms with Crippen molar-refractivity contribution in [1.82, 2.24) is 0 Å². The molecular weight excluding hydrogens is 248 g/mol. The molecule has 0 atom stereocenters. The summed E-state index contributed by atoms with van der Waals surface area (Å²) >= 11 is 5.41. The third-order valence-corrected chi connectivity index (χ3v) is 2.81. The second kappa shape index (κ2) is 5.69. The number of carbonyl (C=O) groups is 1. The maximum absolute atomic E-state index is 11.0. The number of benzene rings is 2. The zero-order chi connectivity index (χ0) is 13.0. The highest BCUT2D eigenvalue weighted by Gasteiger charge is 2.03. The fourth-order valence-corrected chi connectivity index (χ4v) is 1.85. The predicted molar refractivity (Wildman–Crippen MR) is 73.2 cm³/mol. The summed E-state index contributed by atoms with van der Waals surface area (Å²) in [6.45, 7) is 2.59. The van der Waals surface area contributed by atoms with E-state index in [1.54, 1.807) is 12.1 Å². The van der Waals surface area contributed by atoms with Gasteiger partial charge >= 0.3 is 0 Å². The van der Waals surface area contributed by atoms with Crippen LogP contribution >= 0.6 is 11.6 Å². The van der Waals surface area contributed by atoms with Crippen LogP contribution in [0.4, 0.5) is 0 Å². The van der Waals surface area contributed by atoms with Gasteiger partial charge in [0.25, 0.3) is 5.24 Å². The Bertz CT molecular complexity index is 547. The molecule has 0 aromatic heterocycles. The Kier molecular flexibility index (Phi) is 4.00. The molecule has 3 heteroatoms. The summed E-state index contributed by atoms with van der Waals surface area (Å²) in [6, 6.07) is 15.0. The quantitative estimate of drug-likeness (QED) is 0.773. The van der Waals surface area contributed by atoms with Crippen molar-refractivity contribution in [3.05, 3.63) is 54.1 Å². The van der Waals surface area contributed by atoms with Crippen molar-refractivity contribution in [3.8, 4) is 16.9 Å². The monoisotopic (exact) mass is 260 g/mol. The summed E-state index contributed by atoms with van der Waals surface area (Å²) < 4.78 is 5.45. The van der Waals surface area contributed by atoms with E-state index >= 15 is 0 Å². The van der Waals surface area contributed by atoms with Crippen LogP contribution in [0.5, 0.6) is 5.75 Å². The van der Waals surface area contributed by atoms with E-state index in [0.29, 0.717) is 12.2 Å². The Morgan fingerprint density at radius 3 is 2.44 bits per heavy atom. The molecule has 2 aromatic carbocycles. The first-order valence-corrected chi connectivity index (χ1v) is 6.11. The largest absolute Gasteiger partial charge is 0.494 e. The van der Waals surface area contributed by atoms with E-state index in [1.807, 2.05) is 43.3 Å². The molecule has 0 saturated heterocycles. The lowest BCUT2D eigenvalue weighted by Gasteiger charge is -2.06. The van der Waals surface area contributed by atoms with Gasteiger partial charge in [0, 0.05) is 5.56 Å². The highest BCUT2D eigenvalue weighted by molar-refractivity contribution is 6.67. The third-order valence-electron chi connectivity index (χ3n) is 2.59. The Hall–Kier alpha value is -1.80. The second-order valence-corrected chi connectivity index (χ2v) is 4.16. The van der Waals surface area contributed by atoms with Gasteiger partial charge < -0.3 is 4.74 Å². The minimum absolute atomic E-state index is 0.440. The number of rotatable bonds is 4. The Morgan fingerprint density at radius 2 is 1.83 bits per heavy atom. The molecule has 0 aliphatic heterocycles. The van der Waals surface area contributed by atoms with Crippen molar-refractivity contribution in [2.24, 2.45) is 0 Å². The van der Waals surface area contributed by atoms with E-state index in [2.05, 4.69) is 0 Å². The zero-order valence-electron chi connectivity index (χ0n) is 10.0. The van der Waals surface area contributed by atoms with Crippen molar-refractivity contribution in [3.63, 3.8) is 0 Å². The topological polar surface area (TPSA) is 26.3 Å². The third kappa shape index (κ3) is 2.90. The summed E-state index contributed by atoms with van der Waals surface area (Å²) in [6.07, 6.45) is 0. The summed E-state index contributed by atoms with van der Waals surface area (Å²) in [4.78, 5) is 11.0. The first kappa shape index (κ1) is 12.7. The van der Waals surface area contributed by atoms with Crippen molar-refractivity contribution in [2.75, 3.05) is 6.61 Å². The molecule has 0 saturated carbocycles. The number of ether oxygens (including phenoxy) is 1. The van der Waals surface area contributed by atoms with Crippen LogP contribution in [0.25, 0.3) is 11.1 Å². The molecule has 0 spiro atoms. The maximum atomic E-state index is 11.0. The smallest absolute Gasteiger partial charge is 0.252 e. The number of hydrogen-bond donors (Lipinski definition) is 0. The molecule has 0 radical (unpaired) electrons. The molecule has 0 unspecified atom stereocenters. The molecule has 0 aliphatic rings. The Morgan fingerprint density at radius 1 is 1.11 bits per heavy atom. The van der Waals surface area contributed by atoms with Crippen LogP contribution < -0.4 is 4.74 Å². The first-order chi connectivity index (χ1) is 8.70. The van der Waals surface area contributed by atoms with Crippen LogP contribution in [-0.4, -0.2) is 11.8 Å². The van der Waals surface area contributed by atoms with Gasteiger partial charge in [-0.25, -0.2) is 0 Å². The van der Waals surface area contributed by atoms with E-state index < -0.39 is 5.24 Å². The molecule has 18 heavy (non-hydrogen) atoms. The van der Waals surface area contributed by atoms with Crippen molar-refractivity contribution in [1.29, 1.82) is 0 Å². The van der Waals surface area contributed by atoms with Gasteiger partial charge in [-0.1, -0.05) is 24.3 Å². The van der Waals surface area contributed by atoms with E-state index in [9.17, 15) is 4.79 Å². The van der Waals surface area contributed by atoms with Crippen LogP contribution in [0.2, 0.25) is 0 Å². The van der Waals surface area contributed by atoms with Crippen LogP contribution in [-0.2, 0) is 0 Å². The van der Waals surface area contributed by atoms with Gasteiger partial charge in [0.15, 0.2) is 0 Å². The van der Waals surface area contributed by atoms with Crippen LogP contribution in [0, 0.1) is 0 Å². The van der Waals surface area contributed by atoms with Gasteiger partial charge in [0.1, 0.15) is 5.75 Å². The van der Waals surface area contributed by atoms with Crippen molar-refractivity contribution < 1.29 is 9.53 Å². The maximum Gasteiger partial charge on any atom is 0.252 e. The summed E-state index contributed by atoms with van der Waals surface area (Å²) in [5, 5.41) is -0.440. The van der Waals surface area contributed by atoms with Gasteiger partial charge in [-0.05, 0) is 53.9 Å². The van der Waals surface area contributed by atoms with Crippen LogP contribution in [0.15, 0.2) is 48.5 Å². The molecule has 92 valence electrons. The number of carbonyl (C=O) groups excluding carboxylic acids is 1. The zero-order valence-corrected chi connectivity index (χ0v) is 10.8. The van der Waals surface area contributed by atoms with Gasteiger partial charge in [-0.3, -0.25) is 4.79 Å². The highest BCUT2D eigenvalue weighted by atomic mass is 35.5. The van der Waals surface area contributed by atoms with Crippen LogP contribution in [0.1, 0.15) is 17.3 Å². The standard InChI is InChI=1S/C15H13ClO2/c1-2-18-14-5-3-4-13(10-14)11-6-8-12(9-7-11)15(16)17/h3-10H,2H2,1H3. The summed E-state index contributed by atoms with van der Waals surface area (Å²) in [7, 11) is 0. The van der Waals surface area contributed by atoms with Crippen LogP contribution in [0.3, 0.4) is 0 Å². The van der Waals surface area contributed by atoms with Gasteiger partial charge in [0.05, 0.1) is 6.61 Å². The molecular formula is C15H13ClO2. The molecule has 2 aromatic rings. The van der Waals surface area contributed by atoms with Gasteiger partial charge in [-0.2, -0.15) is 0 Å². The normalized spacial score (nSPS) is 10.1. The summed E-state index contributed by atoms with van der Waals surface area (Å²) in [5.74, 6) is 0.840. The second-order valence-electron chi connectivity index (χ2n) is 3.81.